The van der Waals surface area contributed by atoms with Crippen molar-refractivity contribution in [3.05, 3.63) is 77.9 Å². The monoisotopic (exact) mass is 462 g/mol. The fraction of sp³-hybridized carbons (Fsp3) is 0.231. The molecule has 1 aliphatic heterocycles. The molecule has 0 spiro atoms. The van der Waals surface area contributed by atoms with Crippen LogP contribution in [0, 0.1) is 0 Å². The third-order valence-corrected chi connectivity index (χ3v) is 5.38. The van der Waals surface area contributed by atoms with E-state index in [0.29, 0.717) is 47.2 Å². The van der Waals surface area contributed by atoms with Gasteiger partial charge in [0.15, 0.2) is 23.0 Å². The summed E-state index contributed by atoms with van der Waals surface area (Å²) in [5.74, 6) is 1.71. The molecule has 0 unspecified atom stereocenters. The Morgan fingerprint density at radius 1 is 0.941 bits per heavy atom. The van der Waals surface area contributed by atoms with Crippen LogP contribution in [-0.4, -0.2) is 45.3 Å². The second-order valence-electron chi connectivity index (χ2n) is 7.59. The Labute approximate surface area is 197 Å². The molecular weight excluding hydrogens is 436 g/mol. The molecular formula is C26H26N2O6. The van der Waals surface area contributed by atoms with Crippen LogP contribution in [0.3, 0.4) is 0 Å². The lowest BCUT2D eigenvalue weighted by Gasteiger charge is -2.25. The summed E-state index contributed by atoms with van der Waals surface area (Å²) in [6.07, 6.45) is -0.219. The number of benzene rings is 3. The van der Waals surface area contributed by atoms with E-state index in [1.165, 1.54) is 0 Å². The van der Waals surface area contributed by atoms with Crippen LogP contribution < -0.4 is 29.6 Å². The number of carbonyl (C=O) groups is 2. The molecule has 2 N–H and O–H groups in total. The van der Waals surface area contributed by atoms with E-state index in [9.17, 15) is 9.59 Å². The lowest BCUT2D eigenvalue weighted by atomic mass is 10.1. The summed E-state index contributed by atoms with van der Waals surface area (Å²) in [6, 6.07) is 19.6. The molecule has 4 rings (SSSR count). The summed E-state index contributed by atoms with van der Waals surface area (Å²) in [5.41, 5.74) is 1.76. The molecule has 8 heteroatoms. The molecule has 8 nitrogen and oxygen atoms in total. The molecule has 0 saturated carbocycles. The molecule has 0 bridgehead atoms. The van der Waals surface area contributed by atoms with E-state index in [0.717, 1.165) is 5.56 Å². The quantitative estimate of drug-likeness (QED) is 0.533. The van der Waals surface area contributed by atoms with Gasteiger partial charge in [0, 0.05) is 6.54 Å². The van der Waals surface area contributed by atoms with Gasteiger partial charge in [0.1, 0.15) is 6.61 Å². The van der Waals surface area contributed by atoms with Crippen LogP contribution in [0.2, 0.25) is 0 Å². The van der Waals surface area contributed by atoms with Gasteiger partial charge in [-0.25, -0.2) is 0 Å². The Balaban J connectivity index is 1.36. The van der Waals surface area contributed by atoms with E-state index >= 15 is 0 Å². The van der Waals surface area contributed by atoms with Crippen LogP contribution in [0.1, 0.15) is 15.9 Å². The van der Waals surface area contributed by atoms with E-state index in [1.807, 2.05) is 30.3 Å². The lowest BCUT2D eigenvalue weighted by molar-refractivity contribution is -0.125. The summed E-state index contributed by atoms with van der Waals surface area (Å²) in [6.45, 7) is 0.496. The number of fused-ring (bicyclic) bond motifs is 1. The maximum absolute atomic E-state index is 12.8. The first-order chi connectivity index (χ1) is 16.6. The smallest absolute Gasteiger partial charge is 0.269 e. The maximum Gasteiger partial charge on any atom is 0.269 e. The van der Waals surface area contributed by atoms with E-state index in [1.54, 1.807) is 50.6 Å². The van der Waals surface area contributed by atoms with Gasteiger partial charge < -0.3 is 29.6 Å². The highest BCUT2D eigenvalue weighted by atomic mass is 16.6. The topological polar surface area (TPSA) is 95.1 Å². The molecule has 0 aliphatic carbocycles. The van der Waals surface area contributed by atoms with Crippen LogP contribution in [0.25, 0.3) is 0 Å². The lowest BCUT2D eigenvalue weighted by Crippen LogP contribution is -2.40. The van der Waals surface area contributed by atoms with Crippen molar-refractivity contribution in [3.8, 4) is 23.0 Å². The molecule has 1 heterocycles. The van der Waals surface area contributed by atoms with Crippen LogP contribution in [0.15, 0.2) is 66.7 Å². The standard InChI is InChI=1S/C26H26N2O6/c1-31-20-12-11-17(15-23(20)32-2)13-14-27-25(29)18-7-3-4-8-19(18)28-26(30)24-16-33-21-9-5-6-10-22(21)34-24/h3-12,15,24H,13-14,16H2,1-2H3,(H,27,29)(H,28,30)/t24-/m0/s1. The number of carbonyl (C=O) groups excluding carboxylic acids is 2. The van der Waals surface area contributed by atoms with Gasteiger partial charge in [0.05, 0.1) is 25.5 Å². The van der Waals surface area contributed by atoms with Crippen LogP contribution in [-0.2, 0) is 11.2 Å². The van der Waals surface area contributed by atoms with Crippen LogP contribution in [0.4, 0.5) is 5.69 Å². The van der Waals surface area contributed by atoms with Crippen molar-refractivity contribution in [2.75, 3.05) is 32.7 Å². The first kappa shape index (κ1) is 23.0. The summed E-state index contributed by atoms with van der Waals surface area (Å²) in [4.78, 5) is 25.6. The molecule has 0 saturated heterocycles. The molecule has 3 aromatic rings. The minimum atomic E-state index is -0.823. The highest BCUT2D eigenvalue weighted by molar-refractivity contribution is 6.04. The minimum Gasteiger partial charge on any atom is -0.493 e. The van der Waals surface area contributed by atoms with Gasteiger partial charge in [-0.3, -0.25) is 9.59 Å². The summed E-state index contributed by atoms with van der Waals surface area (Å²) in [5, 5.41) is 5.69. The number of rotatable bonds is 8. The molecule has 34 heavy (non-hydrogen) atoms. The van der Waals surface area contributed by atoms with Crippen molar-refractivity contribution in [2.45, 2.75) is 12.5 Å². The second kappa shape index (κ2) is 10.6. The first-order valence-corrected chi connectivity index (χ1v) is 10.9. The van der Waals surface area contributed by atoms with Gasteiger partial charge in [-0.05, 0) is 48.4 Å². The van der Waals surface area contributed by atoms with Gasteiger partial charge >= 0.3 is 0 Å². The van der Waals surface area contributed by atoms with E-state index < -0.39 is 6.10 Å². The van der Waals surface area contributed by atoms with Crippen LogP contribution >= 0.6 is 0 Å². The average Bonchev–Trinajstić information content (AvgIpc) is 2.88. The van der Waals surface area contributed by atoms with Crippen molar-refractivity contribution < 1.29 is 28.5 Å². The van der Waals surface area contributed by atoms with Crippen molar-refractivity contribution in [1.82, 2.24) is 5.32 Å². The molecule has 0 aromatic heterocycles. The first-order valence-electron chi connectivity index (χ1n) is 10.9. The molecule has 0 fully saturated rings. The molecule has 176 valence electrons. The zero-order chi connectivity index (χ0) is 23.9. The van der Waals surface area contributed by atoms with Crippen molar-refractivity contribution >= 4 is 17.5 Å². The third-order valence-electron chi connectivity index (χ3n) is 5.38. The van der Waals surface area contributed by atoms with Gasteiger partial charge in [-0.2, -0.15) is 0 Å². The van der Waals surface area contributed by atoms with Gasteiger partial charge in [-0.15, -0.1) is 0 Å². The number of hydrogen-bond donors (Lipinski definition) is 2. The Morgan fingerprint density at radius 2 is 1.68 bits per heavy atom. The van der Waals surface area contributed by atoms with Gasteiger partial charge in [0.2, 0.25) is 6.10 Å². The SMILES string of the molecule is COc1ccc(CCNC(=O)c2ccccc2NC(=O)[C@@H]2COc3ccccc3O2)cc1OC. The number of anilines is 1. The Bertz CT molecular complexity index is 1180. The summed E-state index contributed by atoms with van der Waals surface area (Å²) in [7, 11) is 3.16. The fourth-order valence-corrected chi connectivity index (χ4v) is 3.60. The van der Waals surface area contributed by atoms with Crippen LogP contribution in [0.5, 0.6) is 23.0 Å². The maximum atomic E-state index is 12.8. The third kappa shape index (κ3) is 5.23. The van der Waals surface area contributed by atoms with Gasteiger partial charge in [-0.1, -0.05) is 30.3 Å². The zero-order valence-electron chi connectivity index (χ0n) is 19.0. The molecule has 0 radical (unpaired) electrons. The number of ether oxygens (including phenoxy) is 4. The van der Waals surface area contributed by atoms with Gasteiger partial charge in [0.25, 0.3) is 11.8 Å². The van der Waals surface area contributed by atoms with Crippen molar-refractivity contribution in [3.63, 3.8) is 0 Å². The number of amides is 2. The summed E-state index contributed by atoms with van der Waals surface area (Å²) >= 11 is 0. The zero-order valence-corrected chi connectivity index (χ0v) is 19.0. The highest BCUT2D eigenvalue weighted by Crippen LogP contribution is 2.31. The Morgan fingerprint density at radius 3 is 2.47 bits per heavy atom. The van der Waals surface area contributed by atoms with E-state index in [-0.39, 0.29) is 18.4 Å². The molecule has 3 aromatic carbocycles. The predicted molar refractivity (Wildman–Crippen MR) is 127 cm³/mol. The Kier molecular flexibility index (Phi) is 7.17. The number of nitrogens with one attached hydrogen (secondary N) is 2. The largest absolute Gasteiger partial charge is 0.493 e. The minimum absolute atomic E-state index is 0.0858. The number of hydrogen-bond acceptors (Lipinski definition) is 6. The number of methoxy groups -OCH3 is 2. The Hall–Kier alpha value is -4.20. The molecule has 1 atom stereocenters. The molecule has 2 amide bonds. The van der Waals surface area contributed by atoms with E-state index in [4.69, 9.17) is 18.9 Å². The second-order valence-corrected chi connectivity index (χ2v) is 7.59. The normalized spacial score (nSPS) is 14.1. The highest BCUT2D eigenvalue weighted by Gasteiger charge is 2.28. The fourth-order valence-electron chi connectivity index (χ4n) is 3.60. The van der Waals surface area contributed by atoms with E-state index in [2.05, 4.69) is 10.6 Å². The summed E-state index contributed by atoms with van der Waals surface area (Å²) < 4.78 is 22.0. The van der Waals surface area contributed by atoms with Crippen molar-refractivity contribution in [2.24, 2.45) is 0 Å². The van der Waals surface area contributed by atoms with Crippen molar-refractivity contribution in [1.29, 1.82) is 0 Å². The average molecular weight is 463 g/mol. The predicted octanol–water partition coefficient (Wildman–Crippen LogP) is 3.45. The number of para-hydroxylation sites is 3. The molecule has 1 aliphatic rings.